The highest BCUT2D eigenvalue weighted by Crippen LogP contribution is 2.29. The molecule has 2 aromatic rings. The molecule has 6 heteroatoms. The molecule has 2 aromatic carbocycles. The van der Waals surface area contributed by atoms with Crippen molar-refractivity contribution in [2.45, 2.75) is 79.8 Å². The quantitative estimate of drug-likeness (QED) is 0.535. The second kappa shape index (κ2) is 11.6. The third-order valence-electron chi connectivity index (χ3n) is 5.90. The van der Waals surface area contributed by atoms with Crippen molar-refractivity contribution in [3.63, 3.8) is 0 Å². The average molecular weight is 473 g/mol. The highest BCUT2D eigenvalue weighted by molar-refractivity contribution is 5.88. The lowest BCUT2D eigenvalue weighted by Crippen LogP contribution is -2.47. The SMILES string of the molecule is CC.Cc1ccc(F)c(-c2ccc(C(C)NC(=O)C3CCCN3C(=O)CC(C)(C)C)cc2)c1F. The minimum atomic E-state index is -0.608. The number of hydrogen-bond donors (Lipinski definition) is 1. The summed E-state index contributed by atoms with van der Waals surface area (Å²) in [7, 11) is 0. The van der Waals surface area contributed by atoms with Crippen LogP contribution in [0.4, 0.5) is 8.78 Å². The van der Waals surface area contributed by atoms with Crippen molar-refractivity contribution in [3.8, 4) is 11.1 Å². The Morgan fingerprint density at radius 3 is 2.29 bits per heavy atom. The molecule has 1 saturated heterocycles. The van der Waals surface area contributed by atoms with Crippen LogP contribution in [0.25, 0.3) is 11.1 Å². The monoisotopic (exact) mass is 472 g/mol. The van der Waals surface area contributed by atoms with Gasteiger partial charge in [-0.3, -0.25) is 9.59 Å². The Morgan fingerprint density at radius 2 is 1.71 bits per heavy atom. The summed E-state index contributed by atoms with van der Waals surface area (Å²) in [6.07, 6.45) is 1.86. The summed E-state index contributed by atoms with van der Waals surface area (Å²) in [4.78, 5) is 27.3. The lowest BCUT2D eigenvalue weighted by Gasteiger charge is -2.28. The Hall–Kier alpha value is -2.76. The van der Waals surface area contributed by atoms with E-state index in [1.54, 1.807) is 36.1 Å². The number of nitrogens with one attached hydrogen (secondary N) is 1. The van der Waals surface area contributed by atoms with Gasteiger partial charge in [-0.2, -0.15) is 0 Å². The van der Waals surface area contributed by atoms with E-state index >= 15 is 0 Å². The second-order valence-electron chi connectivity index (χ2n) is 9.89. The van der Waals surface area contributed by atoms with Crippen molar-refractivity contribution in [2.75, 3.05) is 6.54 Å². The maximum atomic E-state index is 14.4. The van der Waals surface area contributed by atoms with E-state index < -0.39 is 17.7 Å². The Morgan fingerprint density at radius 1 is 1.09 bits per heavy atom. The van der Waals surface area contributed by atoms with Crippen LogP contribution in [-0.4, -0.2) is 29.3 Å². The molecule has 0 aromatic heterocycles. The smallest absolute Gasteiger partial charge is 0.243 e. The molecule has 34 heavy (non-hydrogen) atoms. The van der Waals surface area contributed by atoms with Gasteiger partial charge in [-0.05, 0) is 54.9 Å². The summed E-state index contributed by atoms with van der Waals surface area (Å²) < 4.78 is 28.6. The van der Waals surface area contributed by atoms with Crippen molar-refractivity contribution >= 4 is 11.8 Å². The number of rotatable bonds is 5. The van der Waals surface area contributed by atoms with Gasteiger partial charge in [0.1, 0.15) is 17.7 Å². The fraction of sp³-hybridized carbons (Fsp3) is 0.500. The van der Waals surface area contributed by atoms with Gasteiger partial charge in [0.25, 0.3) is 0 Å². The van der Waals surface area contributed by atoms with E-state index in [4.69, 9.17) is 0 Å². The van der Waals surface area contributed by atoms with Crippen LogP contribution >= 0.6 is 0 Å². The van der Waals surface area contributed by atoms with Crippen LogP contribution in [0.5, 0.6) is 0 Å². The fourth-order valence-electron chi connectivity index (χ4n) is 4.15. The largest absolute Gasteiger partial charge is 0.348 e. The Kier molecular flexibility index (Phi) is 9.37. The van der Waals surface area contributed by atoms with Gasteiger partial charge in [-0.15, -0.1) is 0 Å². The number of hydrogen-bond acceptors (Lipinski definition) is 2. The fourth-order valence-corrected chi connectivity index (χ4v) is 4.15. The molecule has 2 amide bonds. The molecule has 3 rings (SSSR count). The first-order valence-corrected chi connectivity index (χ1v) is 12.1. The van der Waals surface area contributed by atoms with E-state index in [1.807, 2.05) is 41.5 Å². The summed E-state index contributed by atoms with van der Waals surface area (Å²) in [6, 6.07) is 8.77. The summed E-state index contributed by atoms with van der Waals surface area (Å²) in [5.41, 5.74) is 1.47. The maximum Gasteiger partial charge on any atom is 0.243 e. The summed E-state index contributed by atoms with van der Waals surface area (Å²) in [6.45, 7) is 14.1. The molecule has 1 aliphatic heterocycles. The molecular formula is C28H38F2N2O2. The zero-order valence-corrected chi connectivity index (χ0v) is 21.5. The molecule has 0 spiro atoms. The van der Waals surface area contributed by atoms with Crippen molar-refractivity contribution in [2.24, 2.45) is 5.41 Å². The maximum absolute atomic E-state index is 14.4. The number of carbonyl (C=O) groups is 2. The first kappa shape index (κ1) is 27.5. The molecule has 0 bridgehead atoms. The topological polar surface area (TPSA) is 49.4 Å². The lowest BCUT2D eigenvalue weighted by atomic mass is 9.91. The van der Waals surface area contributed by atoms with E-state index in [-0.39, 0.29) is 28.8 Å². The predicted molar refractivity (Wildman–Crippen MR) is 133 cm³/mol. The van der Waals surface area contributed by atoms with Gasteiger partial charge in [0.15, 0.2) is 0 Å². The molecule has 0 saturated carbocycles. The first-order valence-electron chi connectivity index (χ1n) is 12.1. The predicted octanol–water partition coefficient (Wildman–Crippen LogP) is 6.57. The Labute approximate surface area is 202 Å². The van der Waals surface area contributed by atoms with Gasteiger partial charge in [0, 0.05) is 13.0 Å². The molecule has 186 valence electrons. The highest BCUT2D eigenvalue weighted by Gasteiger charge is 2.35. The number of amides is 2. The van der Waals surface area contributed by atoms with Crippen LogP contribution < -0.4 is 5.32 Å². The van der Waals surface area contributed by atoms with Crippen LogP contribution in [0.3, 0.4) is 0 Å². The van der Waals surface area contributed by atoms with Crippen LogP contribution in [0.15, 0.2) is 36.4 Å². The summed E-state index contributed by atoms with van der Waals surface area (Å²) in [5, 5.41) is 3.00. The second-order valence-corrected chi connectivity index (χ2v) is 9.89. The number of benzene rings is 2. The van der Waals surface area contributed by atoms with Crippen LogP contribution in [-0.2, 0) is 9.59 Å². The van der Waals surface area contributed by atoms with E-state index in [9.17, 15) is 18.4 Å². The van der Waals surface area contributed by atoms with E-state index in [0.29, 0.717) is 30.5 Å². The highest BCUT2D eigenvalue weighted by atomic mass is 19.1. The standard InChI is InChI=1S/C26H32F2N2O2.C2H6/c1-16-8-13-20(27)23(24(16)28)19-11-9-18(10-12-19)17(2)29-25(32)21-7-6-14-30(21)22(31)15-26(3,4)5;1-2/h8-13,17,21H,6-7,14-15H2,1-5H3,(H,29,32);1-2H3. The molecule has 1 heterocycles. The van der Waals surface area contributed by atoms with Crippen LogP contribution in [0.1, 0.15) is 78.0 Å². The summed E-state index contributed by atoms with van der Waals surface area (Å²) in [5.74, 6) is -1.34. The molecule has 0 aliphatic carbocycles. The molecular weight excluding hydrogens is 434 g/mol. The van der Waals surface area contributed by atoms with Gasteiger partial charge >= 0.3 is 0 Å². The van der Waals surface area contributed by atoms with Crippen LogP contribution in [0, 0.1) is 24.0 Å². The van der Waals surface area contributed by atoms with Gasteiger partial charge in [-0.1, -0.05) is 65.0 Å². The minimum Gasteiger partial charge on any atom is -0.348 e. The molecule has 2 unspecified atom stereocenters. The van der Waals surface area contributed by atoms with Gasteiger partial charge in [-0.25, -0.2) is 8.78 Å². The van der Waals surface area contributed by atoms with Crippen molar-refractivity contribution < 1.29 is 18.4 Å². The zero-order chi connectivity index (χ0) is 25.6. The number of aryl methyl sites for hydroxylation is 1. The number of nitrogens with zero attached hydrogens (tertiary/aromatic N) is 1. The Bertz CT molecular complexity index is 997. The van der Waals surface area contributed by atoms with Crippen molar-refractivity contribution in [3.05, 3.63) is 59.2 Å². The van der Waals surface area contributed by atoms with Gasteiger partial charge in [0.05, 0.1) is 11.6 Å². The summed E-state index contributed by atoms with van der Waals surface area (Å²) >= 11 is 0. The lowest BCUT2D eigenvalue weighted by molar-refractivity contribution is -0.140. The van der Waals surface area contributed by atoms with Crippen molar-refractivity contribution in [1.29, 1.82) is 0 Å². The van der Waals surface area contributed by atoms with E-state index in [2.05, 4.69) is 5.32 Å². The Balaban J connectivity index is 0.00000199. The van der Waals surface area contributed by atoms with Crippen molar-refractivity contribution in [1.82, 2.24) is 10.2 Å². The molecule has 0 radical (unpaired) electrons. The average Bonchev–Trinajstić information content (AvgIpc) is 3.28. The van der Waals surface area contributed by atoms with Crippen LogP contribution in [0.2, 0.25) is 0 Å². The third kappa shape index (κ3) is 6.64. The molecule has 1 fully saturated rings. The zero-order valence-electron chi connectivity index (χ0n) is 21.5. The van der Waals surface area contributed by atoms with E-state index in [0.717, 1.165) is 12.0 Å². The first-order chi connectivity index (χ1) is 16.0. The molecule has 2 atom stereocenters. The van der Waals surface area contributed by atoms with Gasteiger partial charge < -0.3 is 10.2 Å². The number of carbonyl (C=O) groups excluding carboxylic acids is 2. The number of halogens is 2. The molecule has 1 aliphatic rings. The number of likely N-dealkylation sites (tertiary alicyclic amines) is 1. The molecule has 4 nitrogen and oxygen atoms in total. The normalized spacial score (nSPS) is 16.5. The van der Waals surface area contributed by atoms with Gasteiger partial charge in [0.2, 0.25) is 11.8 Å². The third-order valence-corrected chi connectivity index (χ3v) is 5.90. The molecule has 1 N–H and O–H groups in total. The van der Waals surface area contributed by atoms with E-state index in [1.165, 1.54) is 12.1 Å². The minimum absolute atomic E-state index is 0.00867.